The summed E-state index contributed by atoms with van der Waals surface area (Å²) in [6.07, 6.45) is 10.6. The van der Waals surface area contributed by atoms with Crippen LogP contribution in [0.25, 0.3) is 0 Å². The lowest BCUT2D eigenvalue weighted by molar-refractivity contribution is -0.555. The Balaban J connectivity index is 2.97. The first kappa shape index (κ1) is 25.9. The fourth-order valence-electron chi connectivity index (χ4n) is 4.46. The molecule has 0 heterocycles. The molecular formula is C24H48O4. The smallest absolute Gasteiger partial charge is 0.227 e. The van der Waals surface area contributed by atoms with Gasteiger partial charge in [0.15, 0.2) is 0 Å². The monoisotopic (exact) mass is 400 g/mol. The molecule has 1 saturated carbocycles. The van der Waals surface area contributed by atoms with Crippen molar-refractivity contribution in [2.45, 2.75) is 143 Å². The fourth-order valence-corrected chi connectivity index (χ4v) is 4.46. The molecule has 0 aromatic carbocycles. The van der Waals surface area contributed by atoms with E-state index in [-0.39, 0.29) is 11.2 Å². The van der Waals surface area contributed by atoms with Crippen molar-refractivity contribution in [2.24, 2.45) is 11.8 Å². The third-order valence-corrected chi connectivity index (χ3v) is 7.31. The Bertz CT molecular complexity index is 389. The molecule has 28 heavy (non-hydrogen) atoms. The molecule has 0 aliphatic heterocycles. The van der Waals surface area contributed by atoms with Gasteiger partial charge in [0.1, 0.15) is 11.2 Å². The summed E-state index contributed by atoms with van der Waals surface area (Å²) in [5, 5.41) is 0. The van der Waals surface area contributed by atoms with Gasteiger partial charge in [-0.15, -0.1) is 0 Å². The maximum Gasteiger partial charge on any atom is 0.234 e. The molecule has 2 atom stereocenters. The first-order valence-electron chi connectivity index (χ1n) is 12.0. The highest BCUT2D eigenvalue weighted by Gasteiger charge is 2.46. The molecule has 1 aliphatic carbocycles. The van der Waals surface area contributed by atoms with Crippen LogP contribution >= 0.6 is 0 Å². The zero-order valence-electron chi connectivity index (χ0n) is 20.1. The lowest BCUT2D eigenvalue weighted by Crippen LogP contribution is -2.47. The molecule has 168 valence electrons. The lowest BCUT2D eigenvalue weighted by atomic mass is 9.78. The minimum atomic E-state index is -0.807. The van der Waals surface area contributed by atoms with Crippen molar-refractivity contribution in [1.82, 2.24) is 0 Å². The summed E-state index contributed by atoms with van der Waals surface area (Å²) >= 11 is 0. The molecule has 0 saturated heterocycles. The van der Waals surface area contributed by atoms with Gasteiger partial charge in [-0.25, -0.2) is 9.78 Å². The van der Waals surface area contributed by atoms with E-state index in [2.05, 4.69) is 55.4 Å². The van der Waals surface area contributed by atoms with Crippen LogP contribution in [0.4, 0.5) is 0 Å². The average Bonchev–Trinajstić information content (AvgIpc) is 2.71. The van der Waals surface area contributed by atoms with Gasteiger partial charge in [0.25, 0.3) is 0 Å². The quantitative estimate of drug-likeness (QED) is 0.170. The van der Waals surface area contributed by atoms with E-state index in [0.717, 1.165) is 70.6 Å². The van der Waals surface area contributed by atoms with E-state index in [9.17, 15) is 0 Å². The highest BCUT2D eigenvalue weighted by molar-refractivity contribution is 4.83. The molecule has 1 rings (SSSR count). The molecule has 0 radical (unpaired) electrons. The van der Waals surface area contributed by atoms with Crippen LogP contribution in [0, 0.1) is 11.8 Å². The predicted molar refractivity (Wildman–Crippen MR) is 116 cm³/mol. The van der Waals surface area contributed by atoms with Gasteiger partial charge >= 0.3 is 0 Å². The zero-order chi connectivity index (χ0) is 21.3. The topological polar surface area (TPSA) is 36.9 Å². The van der Waals surface area contributed by atoms with E-state index in [1.165, 1.54) is 0 Å². The second kappa shape index (κ2) is 11.9. The summed E-state index contributed by atoms with van der Waals surface area (Å²) in [4.78, 5) is 24.8. The molecule has 4 nitrogen and oxygen atoms in total. The van der Waals surface area contributed by atoms with Crippen LogP contribution in [-0.2, 0) is 19.6 Å². The summed E-state index contributed by atoms with van der Waals surface area (Å²) in [7, 11) is 0. The van der Waals surface area contributed by atoms with Gasteiger partial charge in [0.05, 0.1) is 0 Å². The fraction of sp³-hybridized carbons (Fsp3) is 1.00. The van der Waals surface area contributed by atoms with Crippen LogP contribution in [0.15, 0.2) is 0 Å². The minimum Gasteiger partial charge on any atom is -0.227 e. The second-order valence-electron chi connectivity index (χ2n) is 9.22. The number of hydrogen-bond donors (Lipinski definition) is 0. The number of rotatable bonds is 14. The van der Waals surface area contributed by atoms with Gasteiger partial charge in [0, 0.05) is 12.8 Å². The molecule has 0 N–H and O–H groups in total. The van der Waals surface area contributed by atoms with Gasteiger partial charge < -0.3 is 0 Å². The van der Waals surface area contributed by atoms with E-state index >= 15 is 0 Å². The maximum atomic E-state index is 6.20. The van der Waals surface area contributed by atoms with Crippen molar-refractivity contribution >= 4 is 0 Å². The summed E-state index contributed by atoms with van der Waals surface area (Å²) < 4.78 is 0. The molecule has 0 bridgehead atoms. The largest absolute Gasteiger partial charge is 0.234 e. The van der Waals surface area contributed by atoms with Crippen LogP contribution in [-0.4, -0.2) is 17.0 Å². The summed E-state index contributed by atoms with van der Waals surface area (Å²) in [6.45, 7) is 17.7. The molecule has 1 fully saturated rings. The zero-order valence-corrected chi connectivity index (χ0v) is 20.1. The molecule has 4 heteroatoms. The van der Waals surface area contributed by atoms with Gasteiger partial charge in [-0.1, -0.05) is 68.2 Å². The van der Waals surface area contributed by atoms with E-state index in [1.54, 1.807) is 0 Å². The molecule has 0 amide bonds. The molecule has 0 spiro atoms. The van der Waals surface area contributed by atoms with Crippen LogP contribution in [0.5, 0.6) is 0 Å². The third kappa shape index (κ3) is 6.68. The normalized spacial score (nSPS) is 23.1. The third-order valence-electron chi connectivity index (χ3n) is 7.31. The first-order valence-corrected chi connectivity index (χ1v) is 12.0. The van der Waals surface area contributed by atoms with E-state index in [4.69, 9.17) is 19.6 Å². The molecule has 0 aromatic heterocycles. The predicted octanol–water partition coefficient (Wildman–Crippen LogP) is 7.75. The van der Waals surface area contributed by atoms with Crippen LogP contribution in [0.1, 0.15) is 126 Å². The Morgan fingerprint density at radius 1 is 0.714 bits per heavy atom. The molecule has 2 unspecified atom stereocenters. The Kier molecular flexibility index (Phi) is 11.0. The van der Waals surface area contributed by atoms with Gasteiger partial charge in [-0.05, 0) is 56.8 Å². The summed E-state index contributed by atoms with van der Waals surface area (Å²) in [6, 6.07) is 0. The van der Waals surface area contributed by atoms with Crippen molar-refractivity contribution in [3.05, 3.63) is 0 Å². The van der Waals surface area contributed by atoms with Crippen LogP contribution in [0.3, 0.4) is 0 Å². The Morgan fingerprint density at radius 2 is 1.14 bits per heavy atom. The van der Waals surface area contributed by atoms with Crippen molar-refractivity contribution < 1.29 is 19.6 Å². The van der Waals surface area contributed by atoms with Crippen molar-refractivity contribution in [2.75, 3.05) is 0 Å². The molecule has 1 aliphatic rings. The standard InChI is InChI=1S/C24H48O4/c1-9-16-22(11-3,12-4)25-27-24(18-15-20(7)21(8)19-24)28-26-23(13-5,14-6)17-10-2/h20-21H,9-19H2,1-8H3. The summed E-state index contributed by atoms with van der Waals surface area (Å²) in [5.41, 5.74) is -0.485. The maximum absolute atomic E-state index is 6.20. The average molecular weight is 401 g/mol. The summed E-state index contributed by atoms with van der Waals surface area (Å²) in [5.74, 6) is 0.364. The lowest BCUT2D eigenvalue weighted by Gasteiger charge is -2.44. The first-order chi connectivity index (χ1) is 13.3. The van der Waals surface area contributed by atoms with Crippen LogP contribution < -0.4 is 0 Å². The minimum absolute atomic E-state index is 0.243. The Labute approximate surface area is 174 Å². The van der Waals surface area contributed by atoms with Gasteiger partial charge in [0.2, 0.25) is 5.79 Å². The highest BCUT2D eigenvalue weighted by Crippen LogP contribution is 2.43. The SMILES string of the molecule is CCCC(CC)(CC)OOC1(OOC(CC)(CC)CCC)CCC(C)C(C)C1. The van der Waals surface area contributed by atoms with Gasteiger partial charge in [-0.2, -0.15) is 9.78 Å². The Morgan fingerprint density at radius 3 is 1.46 bits per heavy atom. The molecular weight excluding hydrogens is 352 g/mol. The Hall–Kier alpha value is -0.160. The van der Waals surface area contributed by atoms with E-state index in [0.29, 0.717) is 11.8 Å². The van der Waals surface area contributed by atoms with Crippen molar-refractivity contribution in [3.8, 4) is 0 Å². The van der Waals surface area contributed by atoms with Gasteiger partial charge in [-0.3, -0.25) is 0 Å². The highest BCUT2D eigenvalue weighted by atomic mass is 17.3. The second-order valence-corrected chi connectivity index (χ2v) is 9.22. The number of hydrogen-bond acceptors (Lipinski definition) is 4. The van der Waals surface area contributed by atoms with E-state index in [1.807, 2.05) is 0 Å². The van der Waals surface area contributed by atoms with Crippen molar-refractivity contribution in [1.29, 1.82) is 0 Å². The van der Waals surface area contributed by atoms with Crippen molar-refractivity contribution in [3.63, 3.8) is 0 Å². The van der Waals surface area contributed by atoms with Crippen LogP contribution in [0.2, 0.25) is 0 Å². The van der Waals surface area contributed by atoms with E-state index < -0.39 is 5.79 Å². The molecule has 0 aromatic rings.